The second-order valence-electron chi connectivity index (χ2n) is 12.1. The van der Waals surface area contributed by atoms with Crippen LogP contribution in [-0.4, -0.2) is 101 Å². The third kappa shape index (κ3) is 5.74. The molecule has 10 nitrogen and oxygen atoms in total. The number of amides is 3. The molecule has 11 heteroatoms. The standard InChI is InChI=1S/C33H42BrN3O7/c1-4-5-16-36-17-11-7-10-15-24(39)35(3)21(2)27(22-13-8-6-9-14-22)43-32(42)25-26-30(40)37(18-12-19-38)29(31(36)41)33(26)20-23(34)28(25)44-33/h6-9,11,13-14,20-21,25-29,38H,4-5,10,12,15-19H2,1-3H3/b11-7-/t21-,25+,26-,27+,28+,29+,33-/m0/s1. The van der Waals surface area contributed by atoms with Crippen molar-refractivity contribution in [3.63, 3.8) is 0 Å². The van der Waals surface area contributed by atoms with Gasteiger partial charge in [-0.15, -0.1) is 0 Å². The summed E-state index contributed by atoms with van der Waals surface area (Å²) < 4.78 is 13.4. The van der Waals surface area contributed by atoms with Gasteiger partial charge in [0.05, 0.1) is 12.0 Å². The fourth-order valence-electron chi connectivity index (χ4n) is 6.98. The quantitative estimate of drug-likeness (QED) is 0.349. The van der Waals surface area contributed by atoms with Crippen molar-refractivity contribution in [2.45, 2.75) is 75.8 Å². The summed E-state index contributed by atoms with van der Waals surface area (Å²) in [4.78, 5) is 61.0. The summed E-state index contributed by atoms with van der Waals surface area (Å²) in [5.41, 5.74) is -0.638. The van der Waals surface area contributed by atoms with Gasteiger partial charge in [0.25, 0.3) is 0 Å². The van der Waals surface area contributed by atoms with E-state index in [9.17, 15) is 24.3 Å². The van der Waals surface area contributed by atoms with E-state index in [1.807, 2.05) is 56.3 Å². The maximum atomic E-state index is 14.4. The van der Waals surface area contributed by atoms with Crippen LogP contribution in [0.5, 0.6) is 0 Å². The number of carbonyl (C=O) groups excluding carboxylic acids is 4. The number of hydrogen-bond acceptors (Lipinski definition) is 7. The molecule has 0 aliphatic carbocycles. The molecule has 4 aliphatic heterocycles. The second kappa shape index (κ2) is 13.5. The smallest absolute Gasteiger partial charge is 0.313 e. The fourth-order valence-corrected chi connectivity index (χ4v) is 7.72. The molecule has 0 saturated carbocycles. The Labute approximate surface area is 267 Å². The van der Waals surface area contributed by atoms with E-state index in [1.165, 1.54) is 4.90 Å². The highest BCUT2D eigenvalue weighted by molar-refractivity contribution is 9.11. The van der Waals surface area contributed by atoms with Crippen molar-refractivity contribution in [1.29, 1.82) is 0 Å². The van der Waals surface area contributed by atoms with Gasteiger partial charge in [0, 0.05) is 44.2 Å². The van der Waals surface area contributed by atoms with Crippen molar-refractivity contribution in [1.82, 2.24) is 14.7 Å². The molecule has 4 heterocycles. The first-order chi connectivity index (χ1) is 21.2. The summed E-state index contributed by atoms with van der Waals surface area (Å²) in [6, 6.07) is 7.76. The van der Waals surface area contributed by atoms with E-state index in [2.05, 4.69) is 15.9 Å². The van der Waals surface area contributed by atoms with Gasteiger partial charge < -0.3 is 29.3 Å². The van der Waals surface area contributed by atoms with Gasteiger partial charge in [0.15, 0.2) is 0 Å². The second-order valence-corrected chi connectivity index (χ2v) is 13.0. The zero-order chi connectivity index (χ0) is 31.6. The van der Waals surface area contributed by atoms with E-state index in [-0.39, 0.29) is 43.7 Å². The molecule has 2 saturated heterocycles. The molecule has 3 amide bonds. The number of halogens is 1. The number of likely N-dealkylation sites (tertiary alicyclic amines) is 1. The molecule has 0 unspecified atom stereocenters. The highest BCUT2D eigenvalue weighted by Gasteiger charge is 2.74. The highest BCUT2D eigenvalue weighted by atomic mass is 79.9. The lowest BCUT2D eigenvalue weighted by molar-refractivity contribution is -0.164. The van der Waals surface area contributed by atoms with Gasteiger partial charge in [-0.1, -0.05) is 71.8 Å². The minimum atomic E-state index is -1.36. The molecular formula is C33H42BrN3O7. The van der Waals surface area contributed by atoms with Gasteiger partial charge in [-0.2, -0.15) is 0 Å². The van der Waals surface area contributed by atoms with E-state index < -0.39 is 47.7 Å². The van der Waals surface area contributed by atoms with Crippen LogP contribution in [-0.2, 0) is 28.7 Å². The van der Waals surface area contributed by atoms with Crippen LogP contribution in [0.4, 0.5) is 0 Å². The molecule has 1 aromatic carbocycles. The fraction of sp³-hybridized carbons (Fsp3) is 0.576. The number of esters is 1. The molecule has 0 aromatic heterocycles. The number of benzene rings is 1. The number of allylic oxidation sites excluding steroid dienone is 1. The highest BCUT2D eigenvalue weighted by Crippen LogP contribution is 2.59. The van der Waals surface area contributed by atoms with E-state index in [1.54, 1.807) is 22.9 Å². The normalized spacial score (nSPS) is 33.5. The Balaban J connectivity index is 1.60. The number of unbranched alkanes of at least 4 members (excludes halogenated alkanes) is 1. The third-order valence-corrected chi connectivity index (χ3v) is 10.1. The van der Waals surface area contributed by atoms with Gasteiger partial charge in [0.2, 0.25) is 17.7 Å². The van der Waals surface area contributed by atoms with Crippen molar-refractivity contribution in [2.75, 3.05) is 33.3 Å². The van der Waals surface area contributed by atoms with Crippen LogP contribution in [0.2, 0.25) is 0 Å². The summed E-state index contributed by atoms with van der Waals surface area (Å²) in [6.07, 6.45) is 6.68. The summed E-state index contributed by atoms with van der Waals surface area (Å²) in [5.74, 6) is -3.32. The van der Waals surface area contributed by atoms with Crippen LogP contribution < -0.4 is 0 Å². The van der Waals surface area contributed by atoms with Crippen molar-refractivity contribution < 1.29 is 33.8 Å². The van der Waals surface area contributed by atoms with E-state index >= 15 is 0 Å². The lowest BCUT2D eigenvalue weighted by Gasteiger charge is -2.36. The van der Waals surface area contributed by atoms with Crippen molar-refractivity contribution >= 4 is 39.6 Å². The van der Waals surface area contributed by atoms with Crippen LogP contribution in [0.1, 0.15) is 57.6 Å². The summed E-state index contributed by atoms with van der Waals surface area (Å²) in [6.45, 7) is 4.69. The Morgan fingerprint density at radius 3 is 2.48 bits per heavy atom. The molecule has 0 radical (unpaired) electrons. The minimum absolute atomic E-state index is 0.0935. The zero-order valence-corrected chi connectivity index (χ0v) is 27.1. The average molecular weight is 673 g/mol. The van der Waals surface area contributed by atoms with Gasteiger partial charge in [-0.3, -0.25) is 19.2 Å². The van der Waals surface area contributed by atoms with Gasteiger partial charge in [0.1, 0.15) is 29.8 Å². The number of aliphatic hydroxyl groups excluding tert-OH is 1. The third-order valence-electron chi connectivity index (χ3n) is 9.41. The zero-order valence-electron chi connectivity index (χ0n) is 25.6. The number of aliphatic hydroxyl groups is 1. The van der Waals surface area contributed by atoms with Crippen molar-refractivity contribution in [3.05, 3.63) is 58.6 Å². The Hall–Kier alpha value is -3.02. The molecule has 5 bridgehead atoms. The summed E-state index contributed by atoms with van der Waals surface area (Å²) >= 11 is 3.59. The Kier molecular flexibility index (Phi) is 9.96. The van der Waals surface area contributed by atoms with E-state index in [4.69, 9.17) is 9.47 Å². The van der Waals surface area contributed by atoms with Crippen LogP contribution in [0.15, 0.2) is 53.0 Å². The summed E-state index contributed by atoms with van der Waals surface area (Å²) in [7, 11) is 1.71. The SMILES string of the molecule is CCCCN1C/C=C\CCC(=O)N(C)[C@@H](C)[C@H](c2ccccc2)OC(=O)[C@H]2[C@@H]3O[C@@]4(C=C3Br)[C@@H]2C(=O)N(CCCO)[C@@H]4C1=O. The molecule has 4 aliphatic rings. The number of hydrogen-bond donors (Lipinski definition) is 1. The lowest BCUT2D eigenvalue weighted by atomic mass is 9.74. The average Bonchev–Trinajstić information content (AvgIpc) is 3.61. The molecule has 44 heavy (non-hydrogen) atoms. The molecule has 238 valence electrons. The van der Waals surface area contributed by atoms with Gasteiger partial charge >= 0.3 is 5.97 Å². The van der Waals surface area contributed by atoms with Crippen molar-refractivity contribution in [2.24, 2.45) is 11.8 Å². The number of likely N-dealkylation sites (N-methyl/N-ethyl adjacent to an activating group) is 1. The topological polar surface area (TPSA) is 117 Å². The number of ether oxygens (including phenoxy) is 2. The Morgan fingerprint density at radius 2 is 1.77 bits per heavy atom. The molecule has 1 N–H and O–H groups in total. The maximum absolute atomic E-state index is 14.4. The lowest BCUT2D eigenvalue weighted by Crippen LogP contribution is -2.56. The molecule has 5 rings (SSSR count). The first kappa shape index (κ1) is 32.4. The number of fused-ring (bicyclic) bond motifs is 2. The Bertz CT molecular complexity index is 1320. The predicted molar refractivity (Wildman–Crippen MR) is 166 cm³/mol. The first-order valence-corrected chi connectivity index (χ1v) is 16.4. The largest absolute Gasteiger partial charge is 0.455 e. The summed E-state index contributed by atoms with van der Waals surface area (Å²) in [5, 5.41) is 9.65. The monoisotopic (exact) mass is 671 g/mol. The van der Waals surface area contributed by atoms with Crippen molar-refractivity contribution in [3.8, 4) is 0 Å². The van der Waals surface area contributed by atoms with Gasteiger partial charge in [-0.25, -0.2) is 0 Å². The van der Waals surface area contributed by atoms with Crippen LogP contribution in [0, 0.1) is 11.8 Å². The number of rotatable bonds is 7. The van der Waals surface area contributed by atoms with E-state index in [0.29, 0.717) is 24.0 Å². The first-order valence-electron chi connectivity index (χ1n) is 15.6. The Morgan fingerprint density at radius 1 is 1.02 bits per heavy atom. The van der Waals surface area contributed by atoms with Crippen LogP contribution in [0.25, 0.3) is 0 Å². The van der Waals surface area contributed by atoms with E-state index in [0.717, 1.165) is 18.4 Å². The molecule has 1 spiro atoms. The van der Waals surface area contributed by atoms with Crippen LogP contribution in [0.3, 0.4) is 0 Å². The molecule has 2 fully saturated rings. The maximum Gasteiger partial charge on any atom is 0.313 e. The predicted octanol–water partition coefficient (Wildman–Crippen LogP) is 3.35. The van der Waals surface area contributed by atoms with Gasteiger partial charge in [-0.05, 0) is 37.8 Å². The number of cyclic esters (lactones) is 1. The molecular weight excluding hydrogens is 630 g/mol. The van der Waals surface area contributed by atoms with Crippen LogP contribution >= 0.6 is 15.9 Å². The number of carbonyl (C=O) groups is 4. The molecule has 7 atom stereocenters. The minimum Gasteiger partial charge on any atom is -0.455 e. The number of nitrogens with zero attached hydrogens (tertiary/aromatic N) is 3. The molecule has 1 aromatic rings.